The second-order valence-corrected chi connectivity index (χ2v) is 7.15. The molecular weight excluding hydrogens is 362 g/mol. The average Bonchev–Trinajstić information content (AvgIpc) is 3.31. The van der Waals surface area contributed by atoms with Gasteiger partial charge in [-0.05, 0) is 25.0 Å². The monoisotopic (exact) mass is 383 g/mol. The molecule has 1 fully saturated rings. The number of amides is 1. The number of carbonyl (C=O) groups is 1. The van der Waals surface area contributed by atoms with E-state index in [1.165, 1.54) is 4.57 Å². The summed E-state index contributed by atoms with van der Waals surface area (Å²) in [5.41, 5.74) is -1.07. The normalized spacial score (nSPS) is 15.8. The van der Waals surface area contributed by atoms with Gasteiger partial charge in [0.05, 0.1) is 10.9 Å². The minimum atomic E-state index is -0.618. The number of aromatic amines is 1. The van der Waals surface area contributed by atoms with Crippen LogP contribution in [0.1, 0.15) is 43.8 Å². The molecule has 28 heavy (non-hydrogen) atoms. The van der Waals surface area contributed by atoms with Crippen molar-refractivity contribution in [1.82, 2.24) is 25.0 Å². The predicted octanol–water partition coefficient (Wildman–Crippen LogP) is 1.36. The highest BCUT2D eigenvalue weighted by Crippen LogP contribution is 2.37. The number of carbonyl (C=O) groups excluding carboxylic acids is 1. The van der Waals surface area contributed by atoms with E-state index in [0.717, 1.165) is 25.7 Å². The molecule has 0 unspecified atom stereocenters. The molecule has 0 radical (unpaired) electrons. The standard InChI is InChI=1S/C19H21N5O4/c1-12-20-17(23-28-12)19(9-4-5-10-19)22-15(25)8-11-24-14-7-3-2-6-13(14)16(26)21-18(24)27/h2-3,6-7H,4-5,8-11H2,1H3,(H,22,25)(H,21,26,27). The number of fused-ring (bicyclic) bond motifs is 1. The molecule has 2 aromatic heterocycles. The van der Waals surface area contributed by atoms with Crippen LogP contribution in [0.3, 0.4) is 0 Å². The molecule has 0 bridgehead atoms. The molecule has 1 saturated carbocycles. The molecule has 9 heteroatoms. The molecule has 0 aliphatic heterocycles. The van der Waals surface area contributed by atoms with Crippen LogP contribution in [0.2, 0.25) is 0 Å². The van der Waals surface area contributed by atoms with Crippen LogP contribution >= 0.6 is 0 Å². The van der Waals surface area contributed by atoms with Crippen LogP contribution in [0.25, 0.3) is 10.9 Å². The number of nitrogens with zero attached hydrogens (tertiary/aromatic N) is 3. The number of aryl methyl sites for hydroxylation is 2. The molecule has 4 rings (SSSR count). The predicted molar refractivity (Wildman–Crippen MR) is 101 cm³/mol. The van der Waals surface area contributed by atoms with Crippen LogP contribution in [-0.2, 0) is 16.9 Å². The number of hydrogen-bond donors (Lipinski definition) is 2. The van der Waals surface area contributed by atoms with Crippen LogP contribution in [0.4, 0.5) is 0 Å². The first-order valence-corrected chi connectivity index (χ1v) is 9.32. The number of rotatable bonds is 5. The van der Waals surface area contributed by atoms with Crippen molar-refractivity contribution in [3.05, 3.63) is 56.8 Å². The smallest absolute Gasteiger partial charge is 0.328 e. The molecule has 1 aliphatic carbocycles. The molecule has 2 heterocycles. The zero-order chi connectivity index (χ0) is 19.7. The lowest BCUT2D eigenvalue weighted by atomic mass is 9.96. The summed E-state index contributed by atoms with van der Waals surface area (Å²) in [5, 5.41) is 7.48. The zero-order valence-corrected chi connectivity index (χ0v) is 15.5. The fourth-order valence-electron chi connectivity index (χ4n) is 3.88. The summed E-state index contributed by atoms with van der Waals surface area (Å²) >= 11 is 0. The van der Waals surface area contributed by atoms with Crippen molar-refractivity contribution in [3.8, 4) is 0 Å². The molecule has 0 spiro atoms. The Labute approximate surface area is 159 Å². The van der Waals surface area contributed by atoms with Crippen molar-refractivity contribution in [3.63, 3.8) is 0 Å². The molecule has 146 valence electrons. The molecule has 3 aromatic rings. The van der Waals surface area contributed by atoms with Crippen molar-refractivity contribution < 1.29 is 9.32 Å². The van der Waals surface area contributed by atoms with Crippen molar-refractivity contribution in [2.24, 2.45) is 0 Å². The molecular formula is C19H21N5O4. The zero-order valence-electron chi connectivity index (χ0n) is 15.5. The minimum absolute atomic E-state index is 0.0918. The highest BCUT2D eigenvalue weighted by Gasteiger charge is 2.41. The van der Waals surface area contributed by atoms with Gasteiger partial charge in [-0.15, -0.1) is 0 Å². The van der Waals surface area contributed by atoms with E-state index in [2.05, 4.69) is 20.4 Å². The van der Waals surface area contributed by atoms with Crippen molar-refractivity contribution in [2.75, 3.05) is 0 Å². The molecule has 9 nitrogen and oxygen atoms in total. The lowest BCUT2D eigenvalue weighted by Crippen LogP contribution is -2.45. The molecule has 1 amide bonds. The fraction of sp³-hybridized carbons (Fsp3) is 0.421. The molecule has 2 N–H and O–H groups in total. The largest absolute Gasteiger partial charge is 0.343 e. The Bertz CT molecular complexity index is 1140. The van der Waals surface area contributed by atoms with Gasteiger partial charge in [-0.1, -0.05) is 30.1 Å². The number of aromatic nitrogens is 4. The second-order valence-electron chi connectivity index (χ2n) is 7.15. The van der Waals surface area contributed by atoms with Gasteiger partial charge in [-0.25, -0.2) is 4.79 Å². The van der Waals surface area contributed by atoms with E-state index in [1.54, 1.807) is 31.2 Å². The van der Waals surface area contributed by atoms with Crippen molar-refractivity contribution in [2.45, 2.75) is 51.1 Å². The first-order valence-electron chi connectivity index (χ1n) is 9.32. The summed E-state index contributed by atoms with van der Waals surface area (Å²) in [4.78, 5) is 43.5. The van der Waals surface area contributed by atoms with Gasteiger partial charge >= 0.3 is 5.69 Å². The molecule has 1 aromatic carbocycles. The highest BCUT2D eigenvalue weighted by atomic mass is 16.5. The minimum Gasteiger partial charge on any atom is -0.343 e. The van der Waals surface area contributed by atoms with Crippen molar-refractivity contribution in [1.29, 1.82) is 0 Å². The lowest BCUT2D eigenvalue weighted by Gasteiger charge is -2.26. The summed E-state index contributed by atoms with van der Waals surface area (Å²) in [6.45, 7) is 1.87. The van der Waals surface area contributed by atoms with E-state index in [4.69, 9.17) is 4.52 Å². The summed E-state index contributed by atoms with van der Waals surface area (Å²) in [5.74, 6) is 0.760. The summed E-state index contributed by atoms with van der Waals surface area (Å²) in [6, 6.07) is 6.83. The van der Waals surface area contributed by atoms with Gasteiger partial charge in [-0.3, -0.25) is 19.1 Å². The Hall–Kier alpha value is -3.23. The SMILES string of the molecule is Cc1nc(C2(NC(=O)CCn3c(=O)[nH]c(=O)c4ccccc43)CCCC2)no1. The number of nitrogens with one attached hydrogen (secondary N) is 2. The van der Waals surface area contributed by atoms with E-state index in [1.807, 2.05) is 0 Å². The van der Waals surface area contributed by atoms with Crippen LogP contribution in [0.15, 0.2) is 38.4 Å². The Kier molecular flexibility index (Phi) is 4.58. The van der Waals surface area contributed by atoms with Crippen LogP contribution in [-0.4, -0.2) is 25.6 Å². The third kappa shape index (κ3) is 3.23. The van der Waals surface area contributed by atoms with Gasteiger partial charge in [-0.2, -0.15) is 4.98 Å². The maximum atomic E-state index is 12.7. The summed E-state index contributed by atoms with van der Waals surface area (Å²) < 4.78 is 6.51. The van der Waals surface area contributed by atoms with E-state index >= 15 is 0 Å². The molecule has 0 atom stereocenters. The summed E-state index contributed by atoms with van der Waals surface area (Å²) in [7, 11) is 0. The van der Waals surface area contributed by atoms with E-state index < -0.39 is 16.8 Å². The van der Waals surface area contributed by atoms with Gasteiger partial charge in [0.1, 0.15) is 5.54 Å². The Morgan fingerprint density at radius 1 is 1.29 bits per heavy atom. The van der Waals surface area contributed by atoms with Gasteiger partial charge in [0.15, 0.2) is 5.82 Å². The summed E-state index contributed by atoms with van der Waals surface area (Å²) in [6.07, 6.45) is 3.53. The third-order valence-electron chi connectivity index (χ3n) is 5.26. The molecule has 0 saturated heterocycles. The van der Waals surface area contributed by atoms with Crippen molar-refractivity contribution >= 4 is 16.8 Å². The maximum absolute atomic E-state index is 12.7. The third-order valence-corrected chi connectivity index (χ3v) is 5.26. The Morgan fingerprint density at radius 2 is 2.04 bits per heavy atom. The Balaban J connectivity index is 1.54. The maximum Gasteiger partial charge on any atom is 0.328 e. The van der Waals surface area contributed by atoms with Crippen LogP contribution in [0, 0.1) is 6.92 Å². The Morgan fingerprint density at radius 3 is 2.75 bits per heavy atom. The van der Waals surface area contributed by atoms with Gasteiger partial charge < -0.3 is 9.84 Å². The average molecular weight is 383 g/mol. The molecule has 1 aliphatic rings. The second kappa shape index (κ2) is 7.06. The number of H-pyrrole nitrogens is 1. The topological polar surface area (TPSA) is 123 Å². The van der Waals surface area contributed by atoms with E-state index in [0.29, 0.717) is 22.6 Å². The first kappa shape index (κ1) is 18.1. The first-order chi connectivity index (χ1) is 13.5. The number of hydrogen-bond acceptors (Lipinski definition) is 6. The van der Waals surface area contributed by atoms with E-state index in [-0.39, 0.29) is 18.9 Å². The van der Waals surface area contributed by atoms with Gasteiger partial charge in [0, 0.05) is 19.9 Å². The lowest BCUT2D eigenvalue weighted by molar-refractivity contribution is -0.123. The van der Waals surface area contributed by atoms with Gasteiger partial charge in [0.2, 0.25) is 11.8 Å². The highest BCUT2D eigenvalue weighted by molar-refractivity contribution is 5.79. The van der Waals surface area contributed by atoms with Crippen LogP contribution in [0.5, 0.6) is 0 Å². The quantitative estimate of drug-likeness (QED) is 0.686. The van der Waals surface area contributed by atoms with Crippen LogP contribution < -0.4 is 16.6 Å². The van der Waals surface area contributed by atoms with E-state index in [9.17, 15) is 14.4 Å². The number of para-hydroxylation sites is 1. The number of benzene rings is 1. The van der Waals surface area contributed by atoms with Gasteiger partial charge in [0.25, 0.3) is 5.56 Å². The fourth-order valence-corrected chi connectivity index (χ4v) is 3.88.